The Labute approximate surface area is 132 Å². The predicted octanol–water partition coefficient (Wildman–Crippen LogP) is 1.92. The zero-order valence-corrected chi connectivity index (χ0v) is 13.4. The summed E-state index contributed by atoms with van der Waals surface area (Å²) in [5, 5.41) is 18.1. The molecule has 0 amide bonds. The Hall–Kier alpha value is -2.43. The SMILES string of the molecule is Cc1cccc(P(=O)(O)c2cccc(C)c2C(=O)O)c1C(=O)O. The quantitative estimate of drug-likeness (QED) is 0.737. The van der Waals surface area contributed by atoms with Gasteiger partial charge in [-0.15, -0.1) is 0 Å². The van der Waals surface area contributed by atoms with E-state index in [-0.39, 0.29) is 21.7 Å². The van der Waals surface area contributed by atoms with Crippen molar-refractivity contribution in [3.05, 3.63) is 58.7 Å². The van der Waals surface area contributed by atoms with Gasteiger partial charge in [-0.2, -0.15) is 0 Å². The number of carboxylic acids is 2. The largest absolute Gasteiger partial charge is 0.478 e. The Bertz CT molecular complexity index is 788. The van der Waals surface area contributed by atoms with E-state index in [9.17, 15) is 29.3 Å². The van der Waals surface area contributed by atoms with Crippen molar-refractivity contribution in [2.75, 3.05) is 0 Å². The van der Waals surface area contributed by atoms with Crippen LogP contribution in [0, 0.1) is 13.8 Å². The maximum absolute atomic E-state index is 13.0. The first kappa shape index (κ1) is 16.9. The van der Waals surface area contributed by atoms with Crippen LogP contribution in [-0.2, 0) is 4.57 Å². The van der Waals surface area contributed by atoms with Crippen molar-refractivity contribution in [3.8, 4) is 0 Å². The van der Waals surface area contributed by atoms with Gasteiger partial charge in [0.25, 0.3) is 7.37 Å². The van der Waals surface area contributed by atoms with Crippen LogP contribution in [-0.4, -0.2) is 27.0 Å². The minimum atomic E-state index is -4.40. The molecule has 6 nitrogen and oxygen atoms in total. The molecular weight excluding hydrogens is 319 g/mol. The number of hydrogen-bond acceptors (Lipinski definition) is 3. The molecule has 120 valence electrons. The lowest BCUT2D eigenvalue weighted by atomic mass is 10.1. The Morgan fingerprint density at radius 2 is 1.17 bits per heavy atom. The van der Waals surface area contributed by atoms with Crippen LogP contribution in [0.4, 0.5) is 0 Å². The van der Waals surface area contributed by atoms with E-state index < -0.39 is 19.3 Å². The molecule has 0 aliphatic carbocycles. The molecule has 0 aromatic heterocycles. The molecule has 0 fully saturated rings. The smallest absolute Gasteiger partial charge is 0.336 e. The summed E-state index contributed by atoms with van der Waals surface area (Å²) < 4.78 is 13.0. The molecule has 3 N–H and O–H groups in total. The van der Waals surface area contributed by atoms with Gasteiger partial charge >= 0.3 is 11.9 Å². The van der Waals surface area contributed by atoms with Crippen LogP contribution >= 0.6 is 7.37 Å². The first-order valence-electron chi connectivity index (χ1n) is 6.67. The third kappa shape index (κ3) is 2.91. The summed E-state index contributed by atoms with van der Waals surface area (Å²) in [5.41, 5.74) is 0.0926. The first-order valence-corrected chi connectivity index (χ1v) is 8.33. The third-order valence-corrected chi connectivity index (χ3v) is 5.63. The molecule has 0 bridgehead atoms. The van der Waals surface area contributed by atoms with Gasteiger partial charge in [0.1, 0.15) is 0 Å². The van der Waals surface area contributed by atoms with Crippen molar-refractivity contribution in [3.63, 3.8) is 0 Å². The summed E-state index contributed by atoms with van der Waals surface area (Å²) in [6.45, 7) is 3.03. The molecule has 0 heterocycles. The van der Waals surface area contributed by atoms with Crippen LogP contribution in [0.15, 0.2) is 36.4 Å². The second-order valence-corrected chi connectivity index (χ2v) is 7.24. The van der Waals surface area contributed by atoms with E-state index in [2.05, 4.69) is 0 Å². The summed E-state index contributed by atoms with van der Waals surface area (Å²) >= 11 is 0. The molecule has 2 aromatic rings. The number of rotatable bonds is 4. The normalized spacial score (nSPS) is 11.3. The fraction of sp³-hybridized carbons (Fsp3) is 0.125. The second kappa shape index (κ2) is 5.99. The summed E-state index contributed by atoms with van der Waals surface area (Å²) in [6, 6.07) is 8.45. The second-order valence-electron chi connectivity index (χ2n) is 5.12. The molecular formula is C16H15O6P. The topological polar surface area (TPSA) is 112 Å². The van der Waals surface area contributed by atoms with Crippen LogP contribution in [0.3, 0.4) is 0 Å². The van der Waals surface area contributed by atoms with E-state index in [1.807, 2.05) is 0 Å². The first-order chi connectivity index (χ1) is 10.7. The van der Waals surface area contributed by atoms with Crippen LogP contribution < -0.4 is 10.6 Å². The van der Waals surface area contributed by atoms with Crippen LogP contribution in [0.1, 0.15) is 31.8 Å². The molecule has 0 aliphatic rings. The number of hydrogen-bond donors (Lipinski definition) is 3. The summed E-state index contributed by atoms with van der Waals surface area (Å²) in [6.07, 6.45) is 0. The lowest BCUT2D eigenvalue weighted by Crippen LogP contribution is -2.27. The number of benzene rings is 2. The molecule has 0 aliphatic heterocycles. The molecule has 0 spiro atoms. The van der Waals surface area contributed by atoms with Gasteiger partial charge in [-0.1, -0.05) is 24.3 Å². The van der Waals surface area contributed by atoms with Gasteiger partial charge in [0.15, 0.2) is 0 Å². The number of carbonyl (C=O) groups is 2. The summed E-state index contributed by atoms with van der Waals surface area (Å²) in [4.78, 5) is 33.5. The van der Waals surface area contributed by atoms with Gasteiger partial charge in [-0.3, -0.25) is 4.57 Å². The molecule has 7 heteroatoms. The monoisotopic (exact) mass is 334 g/mol. The zero-order valence-electron chi connectivity index (χ0n) is 12.5. The highest BCUT2D eigenvalue weighted by molar-refractivity contribution is 7.73. The molecule has 2 aromatic carbocycles. The lowest BCUT2D eigenvalue weighted by Gasteiger charge is -2.18. The maximum atomic E-state index is 13.0. The van der Waals surface area contributed by atoms with E-state index in [0.717, 1.165) is 0 Å². The highest BCUT2D eigenvalue weighted by atomic mass is 31.2. The van der Waals surface area contributed by atoms with E-state index in [1.165, 1.54) is 50.2 Å². The van der Waals surface area contributed by atoms with Crippen molar-refractivity contribution in [2.24, 2.45) is 0 Å². The zero-order chi connectivity index (χ0) is 17.4. The van der Waals surface area contributed by atoms with Gasteiger partial charge in [0, 0.05) is 0 Å². The third-order valence-electron chi connectivity index (χ3n) is 3.58. The van der Waals surface area contributed by atoms with Crippen molar-refractivity contribution < 1.29 is 29.3 Å². The minimum absolute atomic E-state index is 0.280. The van der Waals surface area contributed by atoms with Gasteiger partial charge in [-0.25, -0.2) is 9.59 Å². The fourth-order valence-electron chi connectivity index (χ4n) is 2.50. The Morgan fingerprint density at radius 1 is 0.826 bits per heavy atom. The van der Waals surface area contributed by atoms with E-state index >= 15 is 0 Å². The number of aromatic carboxylic acids is 2. The van der Waals surface area contributed by atoms with Crippen LogP contribution in [0.5, 0.6) is 0 Å². The Balaban J connectivity index is 2.83. The van der Waals surface area contributed by atoms with Gasteiger partial charge in [0.2, 0.25) is 0 Å². The molecule has 23 heavy (non-hydrogen) atoms. The van der Waals surface area contributed by atoms with Crippen molar-refractivity contribution in [1.29, 1.82) is 0 Å². The van der Waals surface area contributed by atoms with E-state index in [4.69, 9.17) is 0 Å². The average molecular weight is 334 g/mol. The van der Waals surface area contributed by atoms with Crippen molar-refractivity contribution in [1.82, 2.24) is 0 Å². The molecule has 2 rings (SSSR count). The molecule has 0 atom stereocenters. The highest BCUT2D eigenvalue weighted by Gasteiger charge is 2.34. The molecule has 0 unspecified atom stereocenters. The molecule has 0 saturated carbocycles. The van der Waals surface area contributed by atoms with E-state index in [1.54, 1.807) is 0 Å². The lowest BCUT2D eigenvalue weighted by molar-refractivity contribution is 0.0687. The Kier molecular flexibility index (Phi) is 4.41. The van der Waals surface area contributed by atoms with Gasteiger partial charge in [-0.05, 0) is 37.1 Å². The minimum Gasteiger partial charge on any atom is -0.478 e. The van der Waals surface area contributed by atoms with Crippen molar-refractivity contribution >= 4 is 29.9 Å². The summed E-state index contributed by atoms with van der Waals surface area (Å²) in [5.74, 6) is -2.67. The summed E-state index contributed by atoms with van der Waals surface area (Å²) in [7, 11) is -4.40. The van der Waals surface area contributed by atoms with Crippen LogP contribution in [0.2, 0.25) is 0 Å². The average Bonchev–Trinajstić information content (AvgIpc) is 2.45. The maximum Gasteiger partial charge on any atom is 0.336 e. The number of carboxylic acid groups (broad SMARTS) is 2. The fourth-order valence-corrected chi connectivity index (χ4v) is 4.48. The van der Waals surface area contributed by atoms with E-state index in [0.29, 0.717) is 11.1 Å². The highest BCUT2D eigenvalue weighted by Crippen LogP contribution is 2.41. The Morgan fingerprint density at radius 3 is 1.48 bits per heavy atom. The molecule has 0 saturated heterocycles. The van der Waals surface area contributed by atoms with Gasteiger partial charge < -0.3 is 15.1 Å². The number of aryl methyl sites for hydroxylation is 2. The van der Waals surface area contributed by atoms with Gasteiger partial charge in [0.05, 0.1) is 21.7 Å². The van der Waals surface area contributed by atoms with Crippen LogP contribution in [0.25, 0.3) is 0 Å². The molecule has 0 radical (unpaired) electrons. The standard InChI is InChI=1S/C16H15O6P/c1-9-5-3-7-11(13(9)15(17)18)23(21,22)12-8-4-6-10(2)14(12)16(19)20/h3-8H,1-2H3,(H,17,18)(H,19,20)(H,21,22). The van der Waals surface area contributed by atoms with Crippen molar-refractivity contribution in [2.45, 2.75) is 13.8 Å². The predicted molar refractivity (Wildman–Crippen MR) is 85.4 cm³/mol.